The van der Waals surface area contributed by atoms with Crippen LogP contribution in [0.4, 0.5) is 5.69 Å². The number of nitrogens with one attached hydrogen (secondary N) is 3. The van der Waals surface area contributed by atoms with E-state index in [1.807, 2.05) is 12.1 Å². The highest BCUT2D eigenvalue weighted by Crippen LogP contribution is 2.17. The molecule has 1 saturated heterocycles. The van der Waals surface area contributed by atoms with Gasteiger partial charge in [-0.15, -0.1) is 17.5 Å². The van der Waals surface area contributed by atoms with Crippen molar-refractivity contribution in [1.82, 2.24) is 25.6 Å². The van der Waals surface area contributed by atoms with Gasteiger partial charge in [-0.1, -0.05) is 17.3 Å². The first-order valence-corrected chi connectivity index (χ1v) is 8.39. The lowest BCUT2D eigenvalue weighted by Crippen LogP contribution is -2.29. The Hall–Kier alpha value is -2.45. The highest BCUT2D eigenvalue weighted by molar-refractivity contribution is 5.91. The summed E-state index contributed by atoms with van der Waals surface area (Å²) in [6, 6.07) is 7.62. The maximum atomic E-state index is 12.2. The molecule has 1 aromatic carbocycles. The molecule has 2 amide bonds. The molecule has 8 nitrogen and oxygen atoms in total. The lowest BCUT2D eigenvalue weighted by molar-refractivity contribution is -0.114. The van der Waals surface area contributed by atoms with Crippen LogP contribution >= 0.6 is 12.4 Å². The van der Waals surface area contributed by atoms with Crippen molar-refractivity contribution >= 4 is 29.9 Å². The number of piperidine rings is 1. The number of anilines is 1. The predicted molar refractivity (Wildman–Crippen MR) is 100 cm³/mol. The van der Waals surface area contributed by atoms with Crippen molar-refractivity contribution in [2.75, 3.05) is 18.4 Å². The summed E-state index contributed by atoms with van der Waals surface area (Å²) in [6.07, 6.45) is 3.70. The molecule has 26 heavy (non-hydrogen) atoms. The first-order chi connectivity index (χ1) is 12.1. The number of hydrogen-bond acceptors (Lipinski definition) is 5. The van der Waals surface area contributed by atoms with E-state index < -0.39 is 0 Å². The van der Waals surface area contributed by atoms with E-state index in [9.17, 15) is 9.59 Å². The minimum atomic E-state index is -0.244. The summed E-state index contributed by atoms with van der Waals surface area (Å²) in [7, 11) is 0. The van der Waals surface area contributed by atoms with Gasteiger partial charge in [0, 0.05) is 19.2 Å². The van der Waals surface area contributed by atoms with Gasteiger partial charge in [-0.3, -0.25) is 9.59 Å². The molecule has 1 aliphatic rings. The molecular weight excluding hydrogens is 356 g/mol. The van der Waals surface area contributed by atoms with Crippen molar-refractivity contribution in [3.63, 3.8) is 0 Å². The number of rotatable bonds is 5. The van der Waals surface area contributed by atoms with Crippen LogP contribution in [0.2, 0.25) is 0 Å². The third kappa shape index (κ3) is 5.27. The smallest absolute Gasteiger partial charge is 0.273 e. The first-order valence-electron chi connectivity index (χ1n) is 8.39. The van der Waals surface area contributed by atoms with Crippen molar-refractivity contribution in [1.29, 1.82) is 0 Å². The second-order valence-corrected chi connectivity index (χ2v) is 6.13. The van der Waals surface area contributed by atoms with E-state index in [-0.39, 0.29) is 24.2 Å². The summed E-state index contributed by atoms with van der Waals surface area (Å²) in [5.41, 5.74) is 1.99. The molecule has 3 N–H and O–H groups in total. The summed E-state index contributed by atoms with van der Waals surface area (Å²) in [4.78, 5) is 23.2. The standard InChI is InChI=1S/C17H22N6O2.ClH/c1-12(24)20-14-4-2-13(3-5-14)10-19-17(25)16-11-23(22-21-16)15-6-8-18-9-7-15;/h2-5,11,15,18H,6-10H2,1H3,(H,19,25)(H,20,24);1H. The SMILES string of the molecule is CC(=O)Nc1ccc(CNC(=O)c2cn(C3CCNCC3)nn2)cc1.Cl. The van der Waals surface area contributed by atoms with Gasteiger partial charge in [0.1, 0.15) is 0 Å². The maximum Gasteiger partial charge on any atom is 0.273 e. The summed E-state index contributed by atoms with van der Waals surface area (Å²) in [5.74, 6) is -0.357. The van der Waals surface area contributed by atoms with Crippen LogP contribution in [0.15, 0.2) is 30.5 Å². The van der Waals surface area contributed by atoms with E-state index in [2.05, 4.69) is 26.3 Å². The molecule has 1 aliphatic heterocycles. The molecular formula is C17H23ClN6O2. The van der Waals surface area contributed by atoms with Gasteiger partial charge in [-0.2, -0.15) is 0 Å². The Labute approximate surface area is 158 Å². The number of amides is 2. The number of aromatic nitrogens is 3. The molecule has 2 heterocycles. The van der Waals surface area contributed by atoms with Crippen molar-refractivity contribution in [3.8, 4) is 0 Å². The largest absolute Gasteiger partial charge is 0.347 e. The fraction of sp³-hybridized carbons (Fsp3) is 0.412. The average molecular weight is 379 g/mol. The third-order valence-corrected chi connectivity index (χ3v) is 4.15. The number of carbonyl (C=O) groups is 2. The zero-order valence-corrected chi connectivity index (χ0v) is 15.4. The van der Waals surface area contributed by atoms with Gasteiger partial charge in [-0.05, 0) is 43.6 Å². The Kier molecular flexibility index (Phi) is 7.11. The van der Waals surface area contributed by atoms with Crippen molar-refractivity contribution in [2.45, 2.75) is 32.4 Å². The van der Waals surface area contributed by atoms with Crippen LogP contribution in [0.5, 0.6) is 0 Å². The second-order valence-electron chi connectivity index (χ2n) is 6.13. The summed E-state index contributed by atoms with van der Waals surface area (Å²) in [5, 5.41) is 16.9. The lowest BCUT2D eigenvalue weighted by Gasteiger charge is -2.22. The number of halogens is 1. The van der Waals surface area contributed by atoms with Crippen LogP contribution < -0.4 is 16.0 Å². The highest BCUT2D eigenvalue weighted by atomic mass is 35.5. The second kappa shape index (κ2) is 9.30. The number of carbonyl (C=O) groups excluding carboxylic acids is 2. The molecule has 0 atom stereocenters. The van der Waals surface area contributed by atoms with E-state index in [1.54, 1.807) is 23.0 Å². The van der Waals surface area contributed by atoms with E-state index in [0.717, 1.165) is 37.2 Å². The van der Waals surface area contributed by atoms with Crippen LogP contribution in [-0.2, 0) is 11.3 Å². The minimum absolute atomic E-state index is 0. The zero-order valence-electron chi connectivity index (χ0n) is 14.6. The summed E-state index contributed by atoms with van der Waals surface area (Å²) >= 11 is 0. The van der Waals surface area contributed by atoms with Gasteiger partial charge in [0.15, 0.2) is 5.69 Å². The zero-order chi connectivity index (χ0) is 17.6. The molecule has 0 aliphatic carbocycles. The number of hydrogen-bond donors (Lipinski definition) is 3. The van der Waals surface area contributed by atoms with Crippen LogP contribution in [0.3, 0.4) is 0 Å². The fourth-order valence-electron chi connectivity index (χ4n) is 2.81. The molecule has 0 saturated carbocycles. The maximum absolute atomic E-state index is 12.2. The molecule has 0 spiro atoms. The van der Waals surface area contributed by atoms with Crippen molar-refractivity contribution in [2.24, 2.45) is 0 Å². The molecule has 9 heteroatoms. The van der Waals surface area contributed by atoms with Gasteiger partial charge in [0.05, 0.1) is 12.2 Å². The Morgan fingerprint density at radius 1 is 1.23 bits per heavy atom. The quantitative estimate of drug-likeness (QED) is 0.732. The molecule has 0 radical (unpaired) electrons. The minimum Gasteiger partial charge on any atom is -0.347 e. The van der Waals surface area contributed by atoms with E-state index in [4.69, 9.17) is 0 Å². The Morgan fingerprint density at radius 3 is 2.58 bits per heavy atom. The number of benzene rings is 1. The lowest BCUT2D eigenvalue weighted by atomic mass is 10.1. The molecule has 0 bridgehead atoms. The molecule has 0 unspecified atom stereocenters. The highest BCUT2D eigenvalue weighted by Gasteiger charge is 2.18. The van der Waals surface area contributed by atoms with Crippen LogP contribution in [0.1, 0.15) is 41.9 Å². The Morgan fingerprint density at radius 2 is 1.92 bits per heavy atom. The molecule has 3 rings (SSSR count). The van der Waals surface area contributed by atoms with Crippen molar-refractivity contribution < 1.29 is 9.59 Å². The molecule has 2 aromatic rings. The van der Waals surface area contributed by atoms with E-state index in [0.29, 0.717) is 18.3 Å². The average Bonchev–Trinajstić information content (AvgIpc) is 3.11. The molecule has 1 aromatic heterocycles. The van der Waals surface area contributed by atoms with Crippen LogP contribution in [0.25, 0.3) is 0 Å². The molecule has 1 fully saturated rings. The third-order valence-electron chi connectivity index (χ3n) is 4.15. The summed E-state index contributed by atoms with van der Waals surface area (Å²) in [6.45, 7) is 3.77. The topological polar surface area (TPSA) is 101 Å². The number of nitrogens with zero attached hydrogens (tertiary/aromatic N) is 3. The van der Waals surface area contributed by atoms with Crippen molar-refractivity contribution in [3.05, 3.63) is 41.7 Å². The van der Waals surface area contributed by atoms with Gasteiger partial charge in [0.25, 0.3) is 5.91 Å². The van der Waals surface area contributed by atoms with E-state index >= 15 is 0 Å². The summed E-state index contributed by atoms with van der Waals surface area (Å²) < 4.78 is 1.79. The van der Waals surface area contributed by atoms with Crippen LogP contribution in [0, 0.1) is 0 Å². The van der Waals surface area contributed by atoms with Gasteiger partial charge >= 0.3 is 0 Å². The van der Waals surface area contributed by atoms with Gasteiger partial charge in [0.2, 0.25) is 5.91 Å². The molecule has 140 valence electrons. The first kappa shape index (κ1) is 19.9. The predicted octanol–water partition coefficient (Wildman–Crippen LogP) is 1.51. The van der Waals surface area contributed by atoms with Gasteiger partial charge < -0.3 is 16.0 Å². The van der Waals surface area contributed by atoms with Gasteiger partial charge in [-0.25, -0.2) is 4.68 Å². The monoisotopic (exact) mass is 378 g/mol. The van der Waals surface area contributed by atoms with E-state index in [1.165, 1.54) is 6.92 Å². The normalized spacial score (nSPS) is 14.3. The van der Waals surface area contributed by atoms with Crippen LogP contribution in [-0.4, -0.2) is 39.9 Å². The Balaban J connectivity index is 0.00000243. The Bertz CT molecular complexity index is 740. The fourth-order valence-corrected chi connectivity index (χ4v) is 2.81.